The number of hydrogen-bond donors (Lipinski definition) is 2. The SMILES string of the molecule is Cc1cc(C)cc(Cc2ncc(C(N)=O)c(N)n2)c1. The van der Waals surface area contributed by atoms with Crippen LogP contribution in [-0.2, 0) is 6.42 Å². The van der Waals surface area contributed by atoms with E-state index >= 15 is 0 Å². The monoisotopic (exact) mass is 256 g/mol. The molecular formula is C14H16N4O. The molecule has 1 heterocycles. The number of rotatable bonds is 3. The van der Waals surface area contributed by atoms with Crippen LogP contribution >= 0.6 is 0 Å². The summed E-state index contributed by atoms with van der Waals surface area (Å²) in [4.78, 5) is 19.3. The highest BCUT2D eigenvalue weighted by Gasteiger charge is 2.09. The van der Waals surface area contributed by atoms with Crippen molar-refractivity contribution in [3.8, 4) is 0 Å². The second-order valence-corrected chi connectivity index (χ2v) is 4.62. The minimum atomic E-state index is -0.615. The number of nitrogen functional groups attached to an aromatic ring is 1. The predicted octanol–water partition coefficient (Wildman–Crippen LogP) is 1.37. The van der Waals surface area contributed by atoms with Crippen LogP contribution in [0.25, 0.3) is 0 Å². The first-order chi connectivity index (χ1) is 8.95. The van der Waals surface area contributed by atoms with Crippen LogP contribution in [-0.4, -0.2) is 15.9 Å². The Kier molecular flexibility index (Phi) is 3.46. The zero-order chi connectivity index (χ0) is 14.0. The summed E-state index contributed by atoms with van der Waals surface area (Å²) in [6.07, 6.45) is 1.95. The zero-order valence-corrected chi connectivity index (χ0v) is 11.0. The fourth-order valence-electron chi connectivity index (χ4n) is 2.06. The van der Waals surface area contributed by atoms with Crippen LogP contribution < -0.4 is 11.5 Å². The lowest BCUT2D eigenvalue weighted by atomic mass is 10.0. The van der Waals surface area contributed by atoms with E-state index in [1.54, 1.807) is 0 Å². The molecule has 0 saturated carbocycles. The molecule has 0 aliphatic rings. The molecule has 5 heteroatoms. The maximum atomic E-state index is 11.0. The third kappa shape index (κ3) is 3.07. The Hall–Kier alpha value is -2.43. The highest BCUT2D eigenvalue weighted by Crippen LogP contribution is 2.13. The van der Waals surface area contributed by atoms with Gasteiger partial charge in [-0.05, 0) is 19.4 Å². The van der Waals surface area contributed by atoms with Gasteiger partial charge in [0.15, 0.2) is 0 Å². The van der Waals surface area contributed by atoms with Crippen molar-refractivity contribution in [3.05, 3.63) is 52.5 Å². The van der Waals surface area contributed by atoms with E-state index in [9.17, 15) is 4.79 Å². The summed E-state index contributed by atoms with van der Waals surface area (Å²) in [5.41, 5.74) is 14.5. The highest BCUT2D eigenvalue weighted by atomic mass is 16.1. The van der Waals surface area contributed by atoms with Crippen molar-refractivity contribution in [2.24, 2.45) is 5.73 Å². The van der Waals surface area contributed by atoms with Crippen LogP contribution in [0.3, 0.4) is 0 Å². The lowest BCUT2D eigenvalue weighted by molar-refractivity contribution is 0.100. The van der Waals surface area contributed by atoms with E-state index in [1.807, 2.05) is 13.8 Å². The van der Waals surface area contributed by atoms with Crippen LogP contribution in [0.5, 0.6) is 0 Å². The van der Waals surface area contributed by atoms with Gasteiger partial charge in [-0.25, -0.2) is 9.97 Å². The fourth-order valence-corrected chi connectivity index (χ4v) is 2.06. The zero-order valence-electron chi connectivity index (χ0n) is 11.0. The summed E-state index contributed by atoms with van der Waals surface area (Å²) >= 11 is 0. The van der Waals surface area contributed by atoms with Crippen LogP contribution in [0.15, 0.2) is 24.4 Å². The normalized spacial score (nSPS) is 10.4. The number of primary amides is 1. The average molecular weight is 256 g/mol. The Balaban J connectivity index is 2.28. The minimum Gasteiger partial charge on any atom is -0.383 e. The predicted molar refractivity (Wildman–Crippen MR) is 73.7 cm³/mol. The molecule has 0 aliphatic carbocycles. The molecule has 0 aliphatic heterocycles. The third-order valence-corrected chi connectivity index (χ3v) is 2.78. The topological polar surface area (TPSA) is 94.9 Å². The van der Waals surface area contributed by atoms with Crippen molar-refractivity contribution in [2.75, 3.05) is 5.73 Å². The summed E-state index contributed by atoms with van der Waals surface area (Å²) < 4.78 is 0. The molecule has 0 unspecified atom stereocenters. The number of nitrogens with two attached hydrogens (primary N) is 2. The first-order valence-corrected chi connectivity index (χ1v) is 5.94. The van der Waals surface area contributed by atoms with E-state index < -0.39 is 5.91 Å². The number of aryl methyl sites for hydroxylation is 2. The Bertz CT molecular complexity index is 617. The number of aromatic nitrogens is 2. The average Bonchev–Trinajstić information content (AvgIpc) is 2.26. The minimum absolute atomic E-state index is 0.127. The van der Waals surface area contributed by atoms with E-state index in [1.165, 1.54) is 17.3 Å². The van der Waals surface area contributed by atoms with Gasteiger partial charge >= 0.3 is 0 Å². The molecule has 0 atom stereocenters. The molecule has 0 spiro atoms. The van der Waals surface area contributed by atoms with E-state index in [-0.39, 0.29) is 11.4 Å². The van der Waals surface area contributed by atoms with Gasteiger partial charge in [0.2, 0.25) is 0 Å². The van der Waals surface area contributed by atoms with Gasteiger partial charge in [-0.1, -0.05) is 29.3 Å². The second kappa shape index (κ2) is 5.06. The summed E-state index contributed by atoms with van der Waals surface area (Å²) in [6, 6.07) is 6.26. The van der Waals surface area contributed by atoms with Gasteiger partial charge in [-0.3, -0.25) is 4.79 Å². The summed E-state index contributed by atoms with van der Waals surface area (Å²) in [7, 11) is 0. The quantitative estimate of drug-likeness (QED) is 0.866. The standard InChI is InChI=1S/C14H16N4O/c1-8-3-9(2)5-10(4-8)6-12-17-7-11(14(16)19)13(15)18-12/h3-5,7H,6H2,1-2H3,(H2,16,19)(H2,15,17,18). The first-order valence-electron chi connectivity index (χ1n) is 5.94. The van der Waals surface area contributed by atoms with Crippen molar-refractivity contribution < 1.29 is 4.79 Å². The van der Waals surface area contributed by atoms with Gasteiger partial charge in [0, 0.05) is 12.6 Å². The van der Waals surface area contributed by atoms with Gasteiger partial charge in [-0.2, -0.15) is 0 Å². The van der Waals surface area contributed by atoms with Crippen molar-refractivity contribution in [3.63, 3.8) is 0 Å². The number of anilines is 1. The van der Waals surface area contributed by atoms with Crippen molar-refractivity contribution >= 4 is 11.7 Å². The van der Waals surface area contributed by atoms with Crippen molar-refractivity contribution in [1.29, 1.82) is 0 Å². The van der Waals surface area contributed by atoms with Gasteiger partial charge < -0.3 is 11.5 Å². The van der Waals surface area contributed by atoms with Crippen LogP contribution in [0, 0.1) is 13.8 Å². The van der Waals surface area contributed by atoms with Gasteiger partial charge in [0.1, 0.15) is 11.6 Å². The fraction of sp³-hybridized carbons (Fsp3) is 0.214. The molecule has 1 aromatic carbocycles. The molecule has 0 fully saturated rings. The number of benzene rings is 1. The Morgan fingerprint density at radius 1 is 1.21 bits per heavy atom. The van der Waals surface area contributed by atoms with E-state index in [0.717, 1.165) is 5.56 Å². The van der Waals surface area contributed by atoms with Gasteiger partial charge in [0.25, 0.3) is 5.91 Å². The molecule has 1 amide bonds. The number of carbonyl (C=O) groups is 1. The Labute approximate surface area is 111 Å². The van der Waals surface area contributed by atoms with E-state index in [4.69, 9.17) is 11.5 Å². The lowest BCUT2D eigenvalue weighted by Crippen LogP contribution is -2.16. The number of carbonyl (C=O) groups excluding carboxylic acids is 1. The van der Waals surface area contributed by atoms with Crippen LogP contribution in [0.2, 0.25) is 0 Å². The molecule has 2 aromatic rings. The summed E-state index contributed by atoms with van der Waals surface area (Å²) in [5.74, 6) is 0.0878. The van der Waals surface area contributed by atoms with Crippen LogP contribution in [0.4, 0.5) is 5.82 Å². The maximum absolute atomic E-state index is 11.0. The lowest BCUT2D eigenvalue weighted by Gasteiger charge is -2.06. The third-order valence-electron chi connectivity index (χ3n) is 2.78. The summed E-state index contributed by atoms with van der Waals surface area (Å²) in [6.45, 7) is 4.09. The summed E-state index contributed by atoms with van der Waals surface area (Å²) in [5, 5.41) is 0. The number of nitrogens with zero attached hydrogens (tertiary/aromatic N) is 2. The van der Waals surface area contributed by atoms with E-state index in [0.29, 0.717) is 12.2 Å². The molecule has 2 rings (SSSR count). The second-order valence-electron chi connectivity index (χ2n) is 4.62. The first kappa shape index (κ1) is 13.0. The maximum Gasteiger partial charge on any atom is 0.254 e. The Morgan fingerprint density at radius 2 is 1.84 bits per heavy atom. The molecule has 0 radical (unpaired) electrons. The molecule has 0 bridgehead atoms. The number of amides is 1. The van der Waals surface area contributed by atoms with Crippen molar-refractivity contribution in [1.82, 2.24) is 9.97 Å². The van der Waals surface area contributed by atoms with Gasteiger partial charge in [-0.15, -0.1) is 0 Å². The molecule has 1 aromatic heterocycles. The van der Waals surface area contributed by atoms with Gasteiger partial charge in [0.05, 0.1) is 5.56 Å². The largest absolute Gasteiger partial charge is 0.383 e. The van der Waals surface area contributed by atoms with Crippen LogP contribution in [0.1, 0.15) is 32.9 Å². The molecular weight excluding hydrogens is 240 g/mol. The molecule has 4 N–H and O–H groups in total. The molecule has 5 nitrogen and oxygen atoms in total. The molecule has 98 valence electrons. The number of hydrogen-bond acceptors (Lipinski definition) is 4. The molecule has 19 heavy (non-hydrogen) atoms. The Morgan fingerprint density at radius 3 is 2.37 bits per heavy atom. The smallest absolute Gasteiger partial charge is 0.254 e. The highest BCUT2D eigenvalue weighted by molar-refractivity contribution is 5.96. The van der Waals surface area contributed by atoms with Crippen molar-refractivity contribution in [2.45, 2.75) is 20.3 Å². The van der Waals surface area contributed by atoms with E-state index in [2.05, 4.69) is 28.2 Å². The molecule has 0 saturated heterocycles.